The van der Waals surface area contributed by atoms with Crippen LogP contribution in [0.5, 0.6) is 0 Å². The molecule has 0 aromatic rings. The van der Waals surface area contributed by atoms with Gasteiger partial charge in [-0.15, -0.1) is 0 Å². The summed E-state index contributed by atoms with van der Waals surface area (Å²) in [5.41, 5.74) is 0. The minimum absolute atomic E-state index is 0.136. The van der Waals surface area contributed by atoms with E-state index in [0.29, 0.717) is 18.9 Å². The lowest BCUT2D eigenvalue weighted by Crippen LogP contribution is -2.45. The second-order valence-corrected chi connectivity index (χ2v) is 8.16. The summed E-state index contributed by atoms with van der Waals surface area (Å²) in [4.78, 5) is 0. The van der Waals surface area contributed by atoms with Gasteiger partial charge in [-0.1, -0.05) is 13.8 Å². The fourth-order valence-electron chi connectivity index (χ4n) is 4.85. The highest BCUT2D eigenvalue weighted by molar-refractivity contribution is 5.04. The van der Waals surface area contributed by atoms with Gasteiger partial charge in [0, 0.05) is 13.7 Å². The van der Waals surface area contributed by atoms with Crippen molar-refractivity contribution in [1.29, 1.82) is 0 Å². The van der Waals surface area contributed by atoms with Crippen molar-refractivity contribution < 1.29 is 23.0 Å². The van der Waals surface area contributed by atoms with E-state index in [1.165, 1.54) is 0 Å². The number of hydrogen-bond donors (Lipinski definition) is 0. The number of ether oxygens (including phenoxy) is 3. The van der Waals surface area contributed by atoms with Gasteiger partial charge in [-0.05, 0) is 56.3 Å². The average Bonchev–Trinajstić information content (AvgIpc) is 2.94. The number of rotatable bonds is 6. The molecular formula is C19H32F2O3. The largest absolute Gasteiger partial charge is 0.378 e. The third kappa shape index (κ3) is 3.63. The Labute approximate surface area is 144 Å². The van der Waals surface area contributed by atoms with Gasteiger partial charge in [-0.25, -0.2) is 8.78 Å². The molecule has 3 nitrogen and oxygen atoms in total. The van der Waals surface area contributed by atoms with Crippen LogP contribution in [0.15, 0.2) is 0 Å². The molecule has 0 spiro atoms. The number of alkyl halides is 2. The second-order valence-electron chi connectivity index (χ2n) is 8.16. The maximum Gasteiger partial charge on any atom is 0.152 e. The Balaban J connectivity index is 1.55. The summed E-state index contributed by atoms with van der Waals surface area (Å²) in [6.07, 6.45) is 1.15. The highest BCUT2D eigenvalue weighted by Crippen LogP contribution is 2.49. The van der Waals surface area contributed by atoms with Crippen LogP contribution in [-0.4, -0.2) is 50.5 Å². The summed E-state index contributed by atoms with van der Waals surface area (Å²) in [6, 6.07) is 0. The maximum atomic E-state index is 14.9. The molecule has 8 unspecified atom stereocenters. The van der Waals surface area contributed by atoms with E-state index < -0.39 is 36.8 Å². The molecule has 1 heterocycles. The lowest BCUT2D eigenvalue weighted by Gasteiger charge is -2.37. The van der Waals surface area contributed by atoms with E-state index in [1.54, 1.807) is 7.11 Å². The molecule has 3 rings (SSSR count). The fourth-order valence-corrected chi connectivity index (χ4v) is 4.85. The first-order chi connectivity index (χ1) is 11.5. The molecule has 3 aliphatic rings. The van der Waals surface area contributed by atoms with Gasteiger partial charge in [0.15, 0.2) is 12.3 Å². The van der Waals surface area contributed by atoms with Crippen LogP contribution in [0.3, 0.4) is 0 Å². The molecule has 2 aliphatic carbocycles. The molecule has 5 heteroatoms. The highest BCUT2D eigenvalue weighted by Gasteiger charge is 2.57. The normalized spacial score (nSPS) is 45.2. The third-order valence-electron chi connectivity index (χ3n) is 6.18. The molecule has 1 aliphatic heterocycles. The molecule has 0 aromatic heterocycles. The maximum absolute atomic E-state index is 14.9. The van der Waals surface area contributed by atoms with Crippen LogP contribution < -0.4 is 0 Å². The molecular weight excluding hydrogens is 314 g/mol. The van der Waals surface area contributed by atoms with Crippen LogP contribution >= 0.6 is 0 Å². The molecule has 2 saturated carbocycles. The molecule has 3 fully saturated rings. The van der Waals surface area contributed by atoms with Crippen LogP contribution in [0, 0.1) is 17.8 Å². The standard InChI is InChI=1S/C19H32F2O3/c1-11(2)5-4-10-23-15-9-7-13-12-6-8-14(22-3)16(20)18(12)24-19(13)17(15)21/h11-19H,4-10H2,1-3H3. The van der Waals surface area contributed by atoms with Crippen LogP contribution in [0.2, 0.25) is 0 Å². The fraction of sp³-hybridized carbons (Fsp3) is 1.00. The minimum atomic E-state index is -1.14. The van der Waals surface area contributed by atoms with Gasteiger partial charge in [0.25, 0.3) is 0 Å². The summed E-state index contributed by atoms with van der Waals surface area (Å²) in [7, 11) is 1.54. The predicted octanol–water partition coefficient (Wildman–Crippen LogP) is 4.09. The van der Waals surface area contributed by atoms with E-state index in [4.69, 9.17) is 14.2 Å². The first-order valence-electron chi connectivity index (χ1n) is 9.61. The Bertz CT molecular complexity index is 406. The van der Waals surface area contributed by atoms with E-state index in [-0.39, 0.29) is 11.8 Å². The predicted molar refractivity (Wildman–Crippen MR) is 88.5 cm³/mol. The first kappa shape index (κ1) is 18.5. The number of halogens is 2. The summed E-state index contributed by atoms with van der Waals surface area (Å²) in [5.74, 6) is 0.912. The smallest absolute Gasteiger partial charge is 0.152 e. The number of methoxy groups -OCH3 is 1. The van der Waals surface area contributed by atoms with Crippen molar-refractivity contribution in [3.8, 4) is 0 Å². The van der Waals surface area contributed by atoms with Crippen molar-refractivity contribution >= 4 is 0 Å². The Kier molecular flexibility index (Phi) is 6.15. The lowest BCUT2D eigenvalue weighted by molar-refractivity contribution is -0.129. The Morgan fingerprint density at radius 1 is 0.958 bits per heavy atom. The first-order valence-corrected chi connectivity index (χ1v) is 9.61. The summed E-state index contributed by atoms with van der Waals surface area (Å²) in [6.45, 7) is 4.96. The monoisotopic (exact) mass is 346 g/mol. The van der Waals surface area contributed by atoms with E-state index in [2.05, 4.69) is 13.8 Å². The molecule has 0 radical (unpaired) electrons. The summed E-state index contributed by atoms with van der Waals surface area (Å²) < 4.78 is 46.4. The zero-order valence-electron chi connectivity index (χ0n) is 15.1. The molecule has 1 saturated heterocycles. The van der Waals surface area contributed by atoms with E-state index in [0.717, 1.165) is 32.1 Å². The second kappa shape index (κ2) is 7.96. The van der Waals surface area contributed by atoms with Gasteiger partial charge >= 0.3 is 0 Å². The van der Waals surface area contributed by atoms with Crippen molar-refractivity contribution in [3.05, 3.63) is 0 Å². The Morgan fingerprint density at radius 3 is 2.12 bits per heavy atom. The van der Waals surface area contributed by atoms with Crippen LogP contribution in [0.4, 0.5) is 8.78 Å². The van der Waals surface area contributed by atoms with Gasteiger partial charge in [-0.2, -0.15) is 0 Å². The minimum Gasteiger partial charge on any atom is -0.378 e. The van der Waals surface area contributed by atoms with Crippen LogP contribution in [0.25, 0.3) is 0 Å². The van der Waals surface area contributed by atoms with Crippen molar-refractivity contribution in [3.63, 3.8) is 0 Å². The molecule has 140 valence electrons. The van der Waals surface area contributed by atoms with E-state index in [9.17, 15) is 8.78 Å². The molecule has 0 amide bonds. The van der Waals surface area contributed by atoms with Gasteiger partial charge in [-0.3, -0.25) is 0 Å². The quantitative estimate of drug-likeness (QED) is 0.678. The van der Waals surface area contributed by atoms with Crippen LogP contribution in [0.1, 0.15) is 52.4 Å². The Morgan fingerprint density at radius 2 is 1.54 bits per heavy atom. The topological polar surface area (TPSA) is 27.7 Å². The SMILES string of the molecule is COC1CCC2C3CCC(OCCCC(C)C)C(F)C3OC2C1F. The lowest BCUT2D eigenvalue weighted by atomic mass is 9.71. The molecule has 0 aromatic carbocycles. The zero-order valence-corrected chi connectivity index (χ0v) is 15.1. The molecule has 8 atom stereocenters. The summed E-state index contributed by atoms with van der Waals surface area (Å²) >= 11 is 0. The van der Waals surface area contributed by atoms with Crippen molar-refractivity contribution in [1.82, 2.24) is 0 Å². The Hall–Kier alpha value is -0.260. The van der Waals surface area contributed by atoms with Gasteiger partial charge < -0.3 is 14.2 Å². The number of hydrogen-bond acceptors (Lipinski definition) is 3. The van der Waals surface area contributed by atoms with Crippen LogP contribution in [-0.2, 0) is 14.2 Å². The summed E-state index contributed by atoms with van der Waals surface area (Å²) in [5, 5.41) is 0. The van der Waals surface area contributed by atoms with Gasteiger partial charge in [0.1, 0.15) is 0 Å². The van der Waals surface area contributed by atoms with Crippen molar-refractivity contribution in [2.75, 3.05) is 13.7 Å². The van der Waals surface area contributed by atoms with Gasteiger partial charge in [0.05, 0.1) is 24.4 Å². The average molecular weight is 346 g/mol. The van der Waals surface area contributed by atoms with E-state index in [1.807, 2.05) is 0 Å². The molecule has 0 N–H and O–H groups in total. The molecule has 24 heavy (non-hydrogen) atoms. The highest BCUT2D eigenvalue weighted by atomic mass is 19.1. The van der Waals surface area contributed by atoms with Crippen molar-refractivity contribution in [2.45, 2.75) is 89.1 Å². The third-order valence-corrected chi connectivity index (χ3v) is 6.18. The van der Waals surface area contributed by atoms with Gasteiger partial charge in [0.2, 0.25) is 0 Å². The molecule has 0 bridgehead atoms. The number of fused-ring (bicyclic) bond motifs is 3. The zero-order chi connectivity index (χ0) is 17.3. The van der Waals surface area contributed by atoms with Crippen molar-refractivity contribution in [2.24, 2.45) is 17.8 Å². The van der Waals surface area contributed by atoms with E-state index >= 15 is 0 Å².